The number of fused-ring (bicyclic) bond motifs is 1. The molecule has 1 atom stereocenters. The number of nitrogens with one attached hydrogen (secondary N) is 1. The monoisotopic (exact) mass is 495 g/mol. The molecular formula is C18H27ClIN3O3. The van der Waals surface area contributed by atoms with E-state index in [1.807, 2.05) is 12.1 Å². The summed E-state index contributed by atoms with van der Waals surface area (Å²) in [6.45, 7) is 4.52. The predicted octanol–water partition coefficient (Wildman–Crippen LogP) is 3.16. The van der Waals surface area contributed by atoms with E-state index in [1.54, 1.807) is 7.05 Å². The SMILES string of the molecule is CN=C(NCc1cc(Cl)c2c(c1)OCCCO2)N(C)CC1CCOC1.I. The Morgan fingerprint density at radius 2 is 2.12 bits per heavy atom. The molecule has 26 heavy (non-hydrogen) atoms. The maximum absolute atomic E-state index is 6.36. The van der Waals surface area contributed by atoms with Gasteiger partial charge in [0.2, 0.25) is 0 Å². The van der Waals surface area contributed by atoms with Crippen molar-refractivity contribution >= 4 is 41.5 Å². The number of ether oxygens (including phenoxy) is 3. The van der Waals surface area contributed by atoms with Crippen molar-refractivity contribution in [1.29, 1.82) is 0 Å². The quantitative estimate of drug-likeness (QED) is 0.395. The summed E-state index contributed by atoms with van der Waals surface area (Å²) in [5.41, 5.74) is 1.04. The summed E-state index contributed by atoms with van der Waals surface area (Å²) in [4.78, 5) is 6.51. The third kappa shape index (κ3) is 5.53. The van der Waals surface area contributed by atoms with Crippen molar-refractivity contribution in [2.24, 2.45) is 10.9 Å². The van der Waals surface area contributed by atoms with Gasteiger partial charge in [0.1, 0.15) is 0 Å². The van der Waals surface area contributed by atoms with Gasteiger partial charge in [-0.1, -0.05) is 11.6 Å². The molecule has 2 aliphatic rings. The molecule has 1 aromatic rings. The van der Waals surface area contributed by atoms with Gasteiger partial charge in [0.25, 0.3) is 0 Å². The highest BCUT2D eigenvalue weighted by Crippen LogP contribution is 2.37. The number of nitrogens with zero attached hydrogens (tertiary/aromatic N) is 2. The molecule has 1 N–H and O–H groups in total. The molecule has 0 amide bonds. The second-order valence-electron chi connectivity index (χ2n) is 6.47. The van der Waals surface area contributed by atoms with E-state index in [2.05, 4.69) is 22.3 Å². The normalized spacial score (nSPS) is 19.5. The lowest BCUT2D eigenvalue weighted by Crippen LogP contribution is -2.41. The summed E-state index contributed by atoms with van der Waals surface area (Å²) in [6.07, 6.45) is 1.97. The third-order valence-electron chi connectivity index (χ3n) is 4.44. The van der Waals surface area contributed by atoms with Gasteiger partial charge in [0.15, 0.2) is 17.5 Å². The van der Waals surface area contributed by atoms with Crippen LogP contribution < -0.4 is 14.8 Å². The number of rotatable bonds is 4. The van der Waals surface area contributed by atoms with Gasteiger partial charge in [-0.05, 0) is 24.1 Å². The highest BCUT2D eigenvalue weighted by atomic mass is 127. The van der Waals surface area contributed by atoms with E-state index in [-0.39, 0.29) is 24.0 Å². The Morgan fingerprint density at radius 3 is 2.85 bits per heavy atom. The molecule has 3 rings (SSSR count). The highest BCUT2D eigenvalue weighted by Gasteiger charge is 2.19. The van der Waals surface area contributed by atoms with Crippen LogP contribution in [0.15, 0.2) is 17.1 Å². The number of guanidine groups is 1. The minimum absolute atomic E-state index is 0. The summed E-state index contributed by atoms with van der Waals surface area (Å²) in [5, 5.41) is 3.97. The zero-order valence-corrected chi connectivity index (χ0v) is 18.4. The maximum Gasteiger partial charge on any atom is 0.193 e. The van der Waals surface area contributed by atoms with E-state index < -0.39 is 0 Å². The highest BCUT2D eigenvalue weighted by molar-refractivity contribution is 14.0. The summed E-state index contributed by atoms with van der Waals surface area (Å²) >= 11 is 6.36. The largest absolute Gasteiger partial charge is 0.489 e. The predicted molar refractivity (Wildman–Crippen MR) is 114 cm³/mol. The Kier molecular flexibility index (Phi) is 8.56. The first-order valence-electron chi connectivity index (χ1n) is 8.75. The summed E-state index contributed by atoms with van der Waals surface area (Å²) in [7, 11) is 3.85. The molecule has 1 fully saturated rings. The van der Waals surface area contributed by atoms with E-state index in [1.165, 1.54) is 0 Å². The van der Waals surface area contributed by atoms with Crippen LogP contribution in [0.5, 0.6) is 11.5 Å². The zero-order valence-electron chi connectivity index (χ0n) is 15.3. The minimum Gasteiger partial charge on any atom is -0.489 e. The van der Waals surface area contributed by atoms with Crippen molar-refractivity contribution in [1.82, 2.24) is 10.2 Å². The van der Waals surface area contributed by atoms with Crippen LogP contribution in [-0.4, -0.2) is 57.9 Å². The van der Waals surface area contributed by atoms with Crippen LogP contribution in [-0.2, 0) is 11.3 Å². The number of aliphatic imine (C=N–C) groups is 1. The van der Waals surface area contributed by atoms with Crippen molar-refractivity contribution in [3.63, 3.8) is 0 Å². The van der Waals surface area contributed by atoms with Crippen LogP contribution in [0, 0.1) is 5.92 Å². The van der Waals surface area contributed by atoms with Crippen LogP contribution >= 0.6 is 35.6 Å². The van der Waals surface area contributed by atoms with Gasteiger partial charge < -0.3 is 24.4 Å². The topological polar surface area (TPSA) is 55.3 Å². The minimum atomic E-state index is 0. The van der Waals surface area contributed by atoms with E-state index in [0.717, 1.165) is 44.1 Å². The summed E-state index contributed by atoms with van der Waals surface area (Å²) < 4.78 is 16.9. The lowest BCUT2D eigenvalue weighted by Gasteiger charge is -2.24. The molecule has 6 nitrogen and oxygen atoms in total. The van der Waals surface area contributed by atoms with Crippen molar-refractivity contribution < 1.29 is 14.2 Å². The van der Waals surface area contributed by atoms with E-state index in [0.29, 0.717) is 42.2 Å². The molecular weight excluding hydrogens is 469 g/mol. The second kappa shape index (κ2) is 10.4. The molecule has 2 heterocycles. The fourth-order valence-electron chi connectivity index (χ4n) is 3.15. The molecule has 1 aromatic carbocycles. The molecule has 146 valence electrons. The first-order chi connectivity index (χ1) is 12.2. The maximum atomic E-state index is 6.36. The number of hydrogen-bond acceptors (Lipinski definition) is 4. The second-order valence-corrected chi connectivity index (χ2v) is 6.87. The lowest BCUT2D eigenvalue weighted by molar-refractivity contribution is 0.181. The molecule has 0 radical (unpaired) electrons. The van der Waals surface area contributed by atoms with Gasteiger partial charge in [0.05, 0.1) is 24.8 Å². The van der Waals surface area contributed by atoms with Crippen LogP contribution in [0.2, 0.25) is 5.02 Å². The molecule has 0 spiro atoms. The number of benzene rings is 1. The fraction of sp³-hybridized carbons (Fsp3) is 0.611. The van der Waals surface area contributed by atoms with E-state index in [9.17, 15) is 0 Å². The number of hydrogen-bond donors (Lipinski definition) is 1. The third-order valence-corrected chi connectivity index (χ3v) is 4.72. The fourth-order valence-corrected chi connectivity index (χ4v) is 3.44. The van der Waals surface area contributed by atoms with Gasteiger partial charge in [-0.2, -0.15) is 0 Å². The van der Waals surface area contributed by atoms with Crippen LogP contribution in [0.4, 0.5) is 0 Å². The van der Waals surface area contributed by atoms with Crippen molar-refractivity contribution in [3.8, 4) is 11.5 Å². The van der Waals surface area contributed by atoms with E-state index >= 15 is 0 Å². The average Bonchev–Trinajstić information content (AvgIpc) is 2.98. The zero-order chi connectivity index (χ0) is 17.6. The summed E-state index contributed by atoms with van der Waals surface area (Å²) in [6, 6.07) is 3.90. The molecule has 0 saturated carbocycles. The van der Waals surface area contributed by atoms with Gasteiger partial charge in [-0.3, -0.25) is 4.99 Å². The summed E-state index contributed by atoms with van der Waals surface area (Å²) in [5.74, 6) is 2.78. The Balaban J connectivity index is 0.00000243. The molecule has 8 heteroatoms. The number of halogens is 2. The van der Waals surface area contributed by atoms with Crippen LogP contribution in [0.25, 0.3) is 0 Å². The van der Waals surface area contributed by atoms with Gasteiger partial charge in [-0.25, -0.2) is 0 Å². The van der Waals surface area contributed by atoms with Gasteiger partial charge in [0, 0.05) is 46.1 Å². The van der Waals surface area contributed by atoms with E-state index in [4.69, 9.17) is 25.8 Å². The first kappa shape index (κ1) is 21.4. The van der Waals surface area contributed by atoms with Crippen LogP contribution in [0.3, 0.4) is 0 Å². The molecule has 1 saturated heterocycles. The van der Waals surface area contributed by atoms with Gasteiger partial charge in [-0.15, -0.1) is 24.0 Å². The molecule has 2 aliphatic heterocycles. The first-order valence-corrected chi connectivity index (χ1v) is 9.12. The Bertz CT molecular complexity index is 624. The molecule has 0 aromatic heterocycles. The standard InChI is InChI=1S/C18H26ClN3O3.HI/c1-20-18(22(2)11-13-4-7-23-12-13)21-10-14-8-15(19)17-16(9-14)24-5-3-6-25-17;/h8-9,13H,3-7,10-12H2,1-2H3,(H,20,21);1H. The van der Waals surface area contributed by atoms with Crippen molar-refractivity contribution in [2.45, 2.75) is 19.4 Å². The molecule has 0 aliphatic carbocycles. The van der Waals surface area contributed by atoms with Crippen LogP contribution in [0.1, 0.15) is 18.4 Å². The lowest BCUT2D eigenvalue weighted by atomic mass is 10.1. The van der Waals surface area contributed by atoms with Gasteiger partial charge >= 0.3 is 0 Å². The molecule has 1 unspecified atom stereocenters. The Morgan fingerprint density at radius 1 is 1.31 bits per heavy atom. The molecule has 0 bridgehead atoms. The van der Waals surface area contributed by atoms with Crippen molar-refractivity contribution in [3.05, 3.63) is 22.7 Å². The smallest absolute Gasteiger partial charge is 0.193 e. The van der Waals surface area contributed by atoms with Crippen molar-refractivity contribution in [2.75, 3.05) is 47.1 Å². The Labute approximate surface area is 177 Å². The Hall–Kier alpha value is -0.930. The average molecular weight is 496 g/mol.